The third-order valence-corrected chi connectivity index (χ3v) is 3.41. The fourth-order valence-electron chi connectivity index (χ4n) is 1.79. The highest BCUT2D eigenvalue weighted by Gasteiger charge is 2.08. The van der Waals surface area contributed by atoms with E-state index < -0.39 is 11.6 Å². The van der Waals surface area contributed by atoms with Crippen LogP contribution in [0.1, 0.15) is 5.56 Å². The molecule has 3 N–H and O–H groups in total. The van der Waals surface area contributed by atoms with Gasteiger partial charge in [-0.1, -0.05) is 29.3 Å². The van der Waals surface area contributed by atoms with Crippen LogP contribution in [0.2, 0.25) is 10.0 Å². The monoisotopic (exact) mass is 316 g/mol. The zero-order valence-electron chi connectivity index (χ0n) is 10.4. The summed E-state index contributed by atoms with van der Waals surface area (Å²) in [5, 5.41) is 4.00. The van der Waals surface area contributed by atoms with Gasteiger partial charge >= 0.3 is 0 Å². The zero-order chi connectivity index (χ0) is 14.7. The molecule has 2 aromatic carbocycles. The van der Waals surface area contributed by atoms with Crippen LogP contribution in [0.15, 0.2) is 30.3 Å². The Balaban J connectivity index is 2.03. The molecule has 0 aliphatic rings. The van der Waals surface area contributed by atoms with E-state index in [1.54, 1.807) is 12.1 Å². The molecule has 0 fully saturated rings. The summed E-state index contributed by atoms with van der Waals surface area (Å²) in [6.45, 7) is 0.439. The Bertz CT molecular complexity index is 633. The van der Waals surface area contributed by atoms with Crippen molar-refractivity contribution in [1.29, 1.82) is 0 Å². The van der Waals surface area contributed by atoms with Crippen LogP contribution in [0.4, 0.5) is 20.2 Å². The molecule has 2 rings (SSSR count). The Morgan fingerprint density at radius 1 is 1.10 bits per heavy atom. The first-order valence-electron chi connectivity index (χ1n) is 5.89. The first-order valence-corrected chi connectivity index (χ1v) is 6.65. The average Bonchev–Trinajstić information content (AvgIpc) is 2.37. The third kappa shape index (κ3) is 3.52. The zero-order valence-corrected chi connectivity index (χ0v) is 11.9. The lowest BCUT2D eigenvalue weighted by Crippen LogP contribution is -2.08. The van der Waals surface area contributed by atoms with Crippen molar-refractivity contribution in [3.05, 3.63) is 57.6 Å². The standard InChI is InChI=1S/C14H12Cl2F2N2/c15-9-2-1-8(11(16)5-9)3-4-20-13-7-10(17)6-12(18)14(13)19/h1-2,5-7,20H,3-4,19H2. The molecule has 0 amide bonds. The second-order valence-corrected chi connectivity index (χ2v) is 5.10. The minimum absolute atomic E-state index is 0.103. The average molecular weight is 317 g/mol. The lowest BCUT2D eigenvalue weighted by molar-refractivity contribution is 0.587. The molecule has 0 saturated carbocycles. The van der Waals surface area contributed by atoms with Gasteiger partial charge < -0.3 is 11.1 Å². The third-order valence-electron chi connectivity index (χ3n) is 2.82. The molecule has 0 spiro atoms. The van der Waals surface area contributed by atoms with E-state index in [9.17, 15) is 8.78 Å². The molecule has 6 heteroatoms. The summed E-state index contributed by atoms with van der Waals surface area (Å²) in [7, 11) is 0. The number of rotatable bonds is 4. The van der Waals surface area contributed by atoms with Crippen molar-refractivity contribution < 1.29 is 8.78 Å². The summed E-state index contributed by atoms with van der Waals surface area (Å²) in [5.41, 5.74) is 6.55. The van der Waals surface area contributed by atoms with Gasteiger partial charge in [-0.2, -0.15) is 0 Å². The van der Waals surface area contributed by atoms with Crippen molar-refractivity contribution in [3.8, 4) is 0 Å². The van der Waals surface area contributed by atoms with E-state index in [4.69, 9.17) is 28.9 Å². The van der Waals surface area contributed by atoms with E-state index in [2.05, 4.69) is 5.32 Å². The van der Waals surface area contributed by atoms with Crippen molar-refractivity contribution in [2.75, 3.05) is 17.6 Å². The van der Waals surface area contributed by atoms with E-state index in [1.165, 1.54) is 0 Å². The molecule has 0 unspecified atom stereocenters. The van der Waals surface area contributed by atoms with Crippen LogP contribution in [0.25, 0.3) is 0 Å². The van der Waals surface area contributed by atoms with Gasteiger partial charge in [0, 0.05) is 22.7 Å². The van der Waals surface area contributed by atoms with Crippen LogP contribution >= 0.6 is 23.2 Å². The molecular weight excluding hydrogens is 305 g/mol. The first kappa shape index (κ1) is 14.9. The minimum atomic E-state index is -0.781. The molecule has 0 bridgehead atoms. The van der Waals surface area contributed by atoms with Gasteiger partial charge in [-0.05, 0) is 30.2 Å². The van der Waals surface area contributed by atoms with Gasteiger partial charge in [0.1, 0.15) is 5.82 Å². The van der Waals surface area contributed by atoms with E-state index in [0.717, 1.165) is 17.7 Å². The van der Waals surface area contributed by atoms with Crippen LogP contribution in [-0.4, -0.2) is 6.54 Å². The molecular formula is C14H12Cl2F2N2. The summed E-state index contributed by atoms with van der Waals surface area (Å²) in [5.74, 6) is -1.46. The number of nitrogens with one attached hydrogen (secondary N) is 1. The fraction of sp³-hybridized carbons (Fsp3) is 0.143. The maximum atomic E-state index is 13.3. The predicted octanol–water partition coefficient (Wildman–Crippen LogP) is 4.51. The van der Waals surface area contributed by atoms with Gasteiger partial charge in [-0.25, -0.2) is 8.78 Å². The summed E-state index contributed by atoms with van der Waals surface area (Å²) >= 11 is 11.8. The normalized spacial score (nSPS) is 10.6. The highest BCUT2D eigenvalue weighted by molar-refractivity contribution is 6.35. The van der Waals surface area contributed by atoms with E-state index >= 15 is 0 Å². The van der Waals surface area contributed by atoms with Crippen molar-refractivity contribution in [2.24, 2.45) is 0 Å². The summed E-state index contributed by atoms with van der Waals surface area (Å²) in [6.07, 6.45) is 0.577. The van der Waals surface area contributed by atoms with Crippen molar-refractivity contribution in [3.63, 3.8) is 0 Å². The van der Waals surface area contributed by atoms with Gasteiger partial charge in [0.25, 0.3) is 0 Å². The topological polar surface area (TPSA) is 38.0 Å². The number of nitrogens with two attached hydrogens (primary N) is 1. The van der Waals surface area contributed by atoms with Gasteiger partial charge in [0.05, 0.1) is 11.4 Å². The number of hydrogen-bond acceptors (Lipinski definition) is 2. The van der Waals surface area contributed by atoms with Crippen molar-refractivity contribution >= 4 is 34.6 Å². The number of halogens is 4. The summed E-state index contributed by atoms with van der Waals surface area (Å²) in [6, 6.07) is 7.09. The van der Waals surface area contributed by atoms with E-state index in [-0.39, 0.29) is 11.4 Å². The van der Waals surface area contributed by atoms with Crippen molar-refractivity contribution in [2.45, 2.75) is 6.42 Å². The van der Waals surface area contributed by atoms with Gasteiger partial charge in [0.15, 0.2) is 5.82 Å². The number of hydrogen-bond donors (Lipinski definition) is 2. The number of benzene rings is 2. The maximum Gasteiger partial charge on any atom is 0.151 e. The second kappa shape index (κ2) is 6.29. The lowest BCUT2D eigenvalue weighted by atomic mass is 10.1. The fourth-order valence-corrected chi connectivity index (χ4v) is 2.29. The molecule has 0 aliphatic carbocycles. The first-order chi connectivity index (χ1) is 9.47. The maximum absolute atomic E-state index is 13.3. The molecule has 0 heterocycles. The molecule has 0 radical (unpaired) electrons. The number of anilines is 2. The van der Waals surface area contributed by atoms with Crippen LogP contribution in [0.3, 0.4) is 0 Å². The predicted molar refractivity (Wildman–Crippen MR) is 79.4 cm³/mol. The quantitative estimate of drug-likeness (QED) is 0.814. The molecule has 2 nitrogen and oxygen atoms in total. The molecule has 2 aromatic rings. The Kier molecular flexibility index (Phi) is 4.68. The van der Waals surface area contributed by atoms with Gasteiger partial charge in [-0.3, -0.25) is 0 Å². The largest absolute Gasteiger partial charge is 0.395 e. The Morgan fingerprint density at radius 2 is 1.85 bits per heavy atom. The Labute approximate surface area is 125 Å². The smallest absolute Gasteiger partial charge is 0.151 e. The molecule has 20 heavy (non-hydrogen) atoms. The summed E-state index contributed by atoms with van der Waals surface area (Å²) in [4.78, 5) is 0. The van der Waals surface area contributed by atoms with Crippen LogP contribution in [0.5, 0.6) is 0 Å². The molecule has 0 saturated heterocycles. The van der Waals surface area contributed by atoms with Gasteiger partial charge in [0.2, 0.25) is 0 Å². The molecule has 0 aromatic heterocycles. The van der Waals surface area contributed by atoms with Crippen LogP contribution in [0, 0.1) is 11.6 Å². The highest BCUT2D eigenvalue weighted by atomic mass is 35.5. The van der Waals surface area contributed by atoms with Crippen molar-refractivity contribution in [1.82, 2.24) is 0 Å². The SMILES string of the molecule is Nc1c(F)cc(F)cc1NCCc1ccc(Cl)cc1Cl. The molecule has 0 atom stereocenters. The number of nitrogen functional groups attached to an aromatic ring is 1. The highest BCUT2D eigenvalue weighted by Crippen LogP contribution is 2.24. The van der Waals surface area contributed by atoms with Crippen LogP contribution in [-0.2, 0) is 6.42 Å². The van der Waals surface area contributed by atoms with E-state index in [1.807, 2.05) is 6.07 Å². The minimum Gasteiger partial charge on any atom is -0.395 e. The Hall–Kier alpha value is -1.52. The van der Waals surface area contributed by atoms with Crippen LogP contribution < -0.4 is 11.1 Å². The van der Waals surface area contributed by atoms with E-state index in [0.29, 0.717) is 23.0 Å². The molecule has 0 aliphatic heterocycles. The second-order valence-electron chi connectivity index (χ2n) is 4.26. The summed E-state index contributed by atoms with van der Waals surface area (Å²) < 4.78 is 26.4. The molecule has 106 valence electrons. The Morgan fingerprint density at radius 3 is 2.55 bits per heavy atom. The lowest BCUT2D eigenvalue weighted by Gasteiger charge is -2.11. The van der Waals surface area contributed by atoms with Gasteiger partial charge in [-0.15, -0.1) is 0 Å².